The van der Waals surface area contributed by atoms with Crippen LogP contribution in [-0.2, 0) is 0 Å². The topological polar surface area (TPSA) is 0 Å². The third-order valence-electron chi connectivity index (χ3n) is 4.72. The highest BCUT2D eigenvalue weighted by Gasteiger charge is 2.49. The van der Waals surface area contributed by atoms with E-state index >= 15 is 0 Å². The predicted molar refractivity (Wildman–Crippen MR) is 57.5 cm³/mol. The fourth-order valence-corrected chi connectivity index (χ4v) is 3.77. The van der Waals surface area contributed by atoms with Gasteiger partial charge in [-0.1, -0.05) is 27.7 Å². The molecule has 0 radical (unpaired) electrons. The standard InChI is InChI=1S/C13H24/c1-8(2)5-11-7-12-10(4)9(3)6-13(11)12/h8-13H,5-7H2,1-4H3. The van der Waals surface area contributed by atoms with Gasteiger partial charge in [0.1, 0.15) is 0 Å². The maximum absolute atomic E-state index is 2.47. The molecule has 2 rings (SSSR count). The molecule has 0 saturated heterocycles. The minimum absolute atomic E-state index is 0.914. The van der Waals surface area contributed by atoms with Crippen LogP contribution in [0.1, 0.15) is 47.0 Å². The van der Waals surface area contributed by atoms with Crippen LogP contribution in [0, 0.1) is 35.5 Å². The zero-order chi connectivity index (χ0) is 9.59. The quantitative estimate of drug-likeness (QED) is 0.603. The molecule has 0 aliphatic heterocycles. The van der Waals surface area contributed by atoms with Gasteiger partial charge in [-0.25, -0.2) is 0 Å². The zero-order valence-electron chi connectivity index (χ0n) is 9.59. The van der Waals surface area contributed by atoms with Gasteiger partial charge in [0.15, 0.2) is 0 Å². The molecule has 5 atom stereocenters. The summed E-state index contributed by atoms with van der Waals surface area (Å²) in [5.74, 6) is 6.27. The second kappa shape index (κ2) is 3.29. The largest absolute Gasteiger partial charge is 0.0628 e. The minimum Gasteiger partial charge on any atom is -0.0628 e. The van der Waals surface area contributed by atoms with E-state index in [9.17, 15) is 0 Å². The van der Waals surface area contributed by atoms with Crippen LogP contribution < -0.4 is 0 Å². The van der Waals surface area contributed by atoms with Crippen LogP contribution in [0.4, 0.5) is 0 Å². The number of fused-ring (bicyclic) bond motifs is 1. The number of hydrogen-bond donors (Lipinski definition) is 0. The second-order valence-electron chi connectivity index (χ2n) is 6.03. The highest BCUT2D eigenvalue weighted by molar-refractivity contribution is 4.99. The smallest absolute Gasteiger partial charge is 0.0352 e. The summed E-state index contributed by atoms with van der Waals surface area (Å²) in [7, 11) is 0. The van der Waals surface area contributed by atoms with Crippen LogP contribution in [0.3, 0.4) is 0 Å². The van der Waals surface area contributed by atoms with Crippen molar-refractivity contribution < 1.29 is 0 Å². The molecule has 0 heterocycles. The monoisotopic (exact) mass is 180 g/mol. The van der Waals surface area contributed by atoms with Crippen molar-refractivity contribution in [2.24, 2.45) is 35.5 Å². The first-order valence-electron chi connectivity index (χ1n) is 6.09. The van der Waals surface area contributed by atoms with Gasteiger partial charge in [-0.05, 0) is 54.8 Å². The highest BCUT2D eigenvalue weighted by atomic mass is 14.5. The van der Waals surface area contributed by atoms with Gasteiger partial charge in [0, 0.05) is 0 Å². The molecule has 5 unspecified atom stereocenters. The van der Waals surface area contributed by atoms with Gasteiger partial charge in [0.2, 0.25) is 0 Å². The first kappa shape index (κ1) is 9.55. The molecular formula is C13H24. The van der Waals surface area contributed by atoms with E-state index in [4.69, 9.17) is 0 Å². The second-order valence-corrected chi connectivity index (χ2v) is 6.03. The van der Waals surface area contributed by atoms with E-state index in [1.165, 1.54) is 12.8 Å². The van der Waals surface area contributed by atoms with Gasteiger partial charge in [-0.2, -0.15) is 0 Å². The summed E-state index contributed by atoms with van der Waals surface area (Å²) in [6.07, 6.45) is 4.57. The van der Waals surface area contributed by atoms with E-state index < -0.39 is 0 Å². The van der Waals surface area contributed by atoms with E-state index in [1.807, 2.05) is 0 Å². The van der Waals surface area contributed by atoms with E-state index in [2.05, 4.69) is 27.7 Å². The molecule has 0 bridgehead atoms. The van der Waals surface area contributed by atoms with Crippen molar-refractivity contribution >= 4 is 0 Å². The van der Waals surface area contributed by atoms with Crippen molar-refractivity contribution in [1.29, 1.82) is 0 Å². The molecule has 2 aliphatic rings. The summed E-state index contributed by atoms with van der Waals surface area (Å²) in [6.45, 7) is 9.67. The van der Waals surface area contributed by atoms with Crippen LogP contribution in [0.15, 0.2) is 0 Å². The summed E-state index contributed by atoms with van der Waals surface area (Å²) < 4.78 is 0. The molecule has 2 saturated carbocycles. The van der Waals surface area contributed by atoms with Gasteiger partial charge < -0.3 is 0 Å². The molecule has 0 aromatic carbocycles. The predicted octanol–water partition coefficient (Wildman–Crippen LogP) is 3.96. The minimum atomic E-state index is 0.914. The lowest BCUT2D eigenvalue weighted by molar-refractivity contribution is 0.0609. The lowest BCUT2D eigenvalue weighted by Crippen LogP contribution is -2.35. The summed E-state index contributed by atoms with van der Waals surface area (Å²) >= 11 is 0. The molecule has 0 aromatic rings. The van der Waals surface area contributed by atoms with Crippen LogP contribution >= 0.6 is 0 Å². The average Bonchev–Trinajstić information content (AvgIpc) is 2.25. The molecule has 2 fully saturated rings. The molecule has 13 heavy (non-hydrogen) atoms. The van der Waals surface area contributed by atoms with Crippen molar-refractivity contribution in [2.75, 3.05) is 0 Å². The van der Waals surface area contributed by atoms with Crippen molar-refractivity contribution in [3.63, 3.8) is 0 Å². The van der Waals surface area contributed by atoms with Gasteiger partial charge >= 0.3 is 0 Å². The zero-order valence-corrected chi connectivity index (χ0v) is 9.59. The number of hydrogen-bond acceptors (Lipinski definition) is 0. The third-order valence-corrected chi connectivity index (χ3v) is 4.72. The van der Waals surface area contributed by atoms with E-state index in [-0.39, 0.29) is 0 Å². The Balaban J connectivity index is 1.89. The maximum atomic E-state index is 2.47. The Hall–Kier alpha value is 0. The van der Waals surface area contributed by atoms with Crippen LogP contribution in [-0.4, -0.2) is 0 Å². The van der Waals surface area contributed by atoms with Gasteiger partial charge in [0.05, 0.1) is 0 Å². The lowest BCUT2D eigenvalue weighted by atomic mass is 9.62. The SMILES string of the molecule is CC(C)CC1CC2C(C)C(C)CC12. The van der Waals surface area contributed by atoms with Crippen molar-refractivity contribution in [2.45, 2.75) is 47.0 Å². The molecule has 76 valence electrons. The first-order chi connectivity index (χ1) is 6.09. The third kappa shape index (κ3) is 1.53. The molecule has 0 amide bonds. The van der Waals surface area contributed by atoms with Crippen molar-refractivity contribution in [3.05, 3.63) is 0 Å². The molecule has 0 heteroatoms. The summed E-state index contributed by atoms with van der Waals surface area (Å²) in [5, 5.41) is 0. The Labute approximate surface area is 83.1 Å². The molecule has 0 aromatic heterocycles. The summed E-state index contributed by atoms with van der Waals surface area (Å²) in [5.41, 5.74) is 0. The summed E-state index contributed by atoms with van der Waals surface area (Å²) in [6, 6.07) is 0. The Morgan fingerprint density at radius 1 is 1.08 bits per heavy atom. The molecule has 0 N–H and O–H groups in total. The fourth-order valence-electron chi connectivity index (χ4n) is 3.77. The van der Waals surface area contributed by atoms with E-state index in [0.717, 1.165) is 35.5 Å². The van der Waals surface area contributed by atoms with Crippen LogP contribution in [0.2, 0.25) is 0 Å². The van der Waals surface area contributed by atoms with Gasteiger partial charge in [-0.3, -0.25) is 0 Å². The molecular weight excluding hydrogens is 156 g/mol. The Morgan fingerprint density at radius 2 is 1.77 bits per heavy atom. The van der Waals surface area contributed by atoms with Gasteiger partial charge in [-0.15, -0.1) is 0 Å². The fraction of sp³-hybridized carbons (Fsp3) is 1.00. The van der Waals surface area contributed by atoms with Gasteiger partial charge in [0.25, 0.3) is 0 Å². The maximum Gasteiger partial charge on any atom is -0.0352 e. The van der Waals surface area contributed by atoms with Crippen LogP contribution in [0.5, 0.6) is 0 Å². The Bertz CT molecular complexity index is 182. The molecule has 2 aliphatic carbocycles. The lowest BCUT2D eigenvalue weighted by Gasteiger charge is -2.43. The normalized spacial score (nSPS) is 49.2. The Kier molecular flexibility index (Phi) is 2.42. The van der Waals surface area contributed by atoms with E-state index in [1.54, 1.807) is 6.42 Å². The van der Waals surface area contributed by atoms with Crippen LogP contribution in [0.25, 0.3) is 0 Å². The van der Waals surface area contributed by atoms with Crippen molar-refractivity contribution in [1.82, 2.24) is 0 Å². The highest BCUT2D eigenvalue weighted by Crippen LogP contribution is 2.57. The molecule has 0 nitrogen and oxygen atoms in total. The summed E-state index contributed by atoms with van der Waals surface area (Å²) in [4.78, 5) is 0. The van der Waals surface area contributed by atoms with E-state index in [0.29, 0.717) is 0 Å². The number of rotatable bonds is 2. The molecule has 0 spiro atoms. The first-order valence-corrected chi connectivity index (χ1v) is 6.09. The average molecular weight is 180 g/mol. The Morgan fingerprint density at radius 3 is 2.31 bits per heavy atom. The van der Waals surface area contributed by atoms with Crippen molar-refractivity contribution in [3.8, 4) is 0 Å².